The van der Waals surface area contributed by atoms with Crippen LogP contribution in [-0.2, 0) is 11.3 Å². The number of aliphatic imine (C=N–C) groups is 1. The van der Waals surface area contributed by atoms with Gasteiger partial charge in [0.1, 0.15) is 0 Å². The normalized spacial score (nSPS) is 20.8. The van der Waals surface area contributed by atoms with Crippen molar-refractivity contribution in [3.8, 4) is 0 Å². The maximum Gasteiger partial charge on any atom is 0.0943 e. The maximum absolute atomic E-state index is 5.64. The Morgan fingerprint density at radius 3 is 2.85 bits per heavy atom. The molecular formula is C11H13NO. The highest BCUT2D eigenvalue weighted by atomic mass is 16.5. The fraction of sp³-hybridized carbons (Fsp3) is 0.364. The van der Waals surface area contributed by atoms with Gasteiger partial charge < -0.3 is 4.74 Å². The van der Waals surface area contributed by atoms with Crippen molar-refractivity contribution in [2.24, 2.45) is 4.99 Å². The molecule has 0 amide bonds. The largest absolute Gasteiger partial charge is 0.368 e. The highest BCUT2D eigenvalue weighted by Gasteiger charge is 2.09. The standard InChI is InChI=1S/C11H13NO/c1-2-4-10(5-3-1)9-13-11-6-7-12-8-11/h1-5,8,11H,6-7,9H2/t11-/m0/s1. The van der Waals surface area contributed by atoms with Crippen LogP contribution < -0.4 is 0 Å². The molecule has 0 spiro atoms. The van der Waals surface area contributed by atoms with E-state index in [1.54, 1.807) is 0 Å². The van der Waals surface area contributed by atoms with Crippen LogP contribution in [0.5, 0.6) is 0 Å². The van der Waals surface area contributed by atoms with Crippen molar-refractivity contribution in [1.29, 1.82) is 0 Å². The van der Waals surface area contributed by atoms with Crippen LogP contribution in [0.25, 0.3) is 0 Å². The molecule has 68 valence electrons. The van der Waals surface area contributed by atoms with Crippen molar-refractivity contribution in [3.05, 3.63) is 35.9 Å². The highest BCUT2D eigenvalue weighted by molar-refractivity contribution is 5.65. The van der Waals surface area contributed by atoms with Crippen molar-refractivity contribution in [2.75, 3.05) is 6.54 Å². The third kappa shape index (κ3) is 2.39. The molecule has 2 rings (SSSR count). The Morgan fingerprint density at radius 1 is 1.31 bits per heavy atom. The van der Waals surface area contributed by atoms with Crippen molar-refractivity contribution in [1.82, 2.24) is 0 Å². The molecule has 13 heavy (non-hydrogen) atoms. The molecule has 0 N–H and O–H groups in total. The maximum atomic E-state index is 5.64. The van der Waals surface area contributed by atoms with E-state index in [-0.39, 0.29) is 6.10 Å². The van der Waals surface area contributed by atoms with Gasteiger partial charge in [0.25, 0.3) is 0 Å². The van der Waals surface area contributed by atoms with Gasteiger partial charge in [0.15, 0.2) is 0 Å². The second kappa shape index (κ2) is 4.19. The summed E-state index contributed by atoms with van der Waals surface area (Å²) in [7, 11) is 0. The zero-order valence-corrected chi connectivity index (χ0v) is 7.52. The Morgan fingerprint density at radius 2 is 2.15 bits per heavy atom. The lowest BCUT2D eigenvalue weighted by Gasteiger charge is -2.07. The summed E-state index contributed by atoms with van der Waals surface area (Å²) in [4.78, 5) is 4.13. The summed E-state index contributed by atoms with van der Waals surface area (Å²) in [5.74, 6) is 0. The summed E-state index contributed by atoms with van der Waals surface area (Å²) in [6.45, 7) is 1.61. The molecule has 1 atom stereocenters. The molecule has 2 heteroatoms. The van der Waals surface area contributed by atoms with E-state index in [1.807, 2.05) is 24.4 Å². The first-order valence-corrected chi connectivity index (χ1v) is 4.60. The number of rotatable bonds is 3. The van der Waals surface area contributed by atoms with E-state index < -0.39 is 0 Å². The summed E-state index contributed by atoms with van der Waals surface area (Å²) in [6.07, 6.45) is 3.18. The number of ether oxygens (including phenoxy) is 1. The Hall–Kier alpha value is -1.15. The lowest BCUT2D eigenvalue weighted by molar-refractivity contribution is 0.0883. The summed E-state index contributed by atoms with van der Waals surface area (Å²) in [5, 5.41) is 0. The molecule has 0 saturated carbocycles. The molecule has 1 aliphatic heterocycles. The van der Waals surface area contributed by atoms with E-state index in [4.69, 9.17) is 4.74 Å². The third-order valence-electron chi connectivity index (χ3n) is 2.12. The smallest absolute Gasteiger partial charge is 0.0943 e. The molecule has 0 aliphatic carbocycles. The molecule has 2 nitrogen and oxygen atoms in total. The van der Waals surface area contributed by atoms with Crippen LogP contribution in [0, 0.1) is 0 Å². The van der Waals surface area contributed by atoms with Crippen LogP contribution in [0.3, 0.4) is 0 Å². The predicted molar refractivity (Wildman–Crippen MR) is 53.0 cm³/mol. The van der Waals surface area contributed by atoms with Crippen LogP contribution in [0.2, 0.25) is 0 Å². The summed E-state index contributed by atoms with van der Waals surface area (Å²) >= 11 is 0. The molecule has 0 radical (unpaired) electrons. The number of nitrogens with zero attached hydrogens (tertiary/aromatic N) is 1. The van der Waals surface area contributed by atoms with Gasteiger partial charge in [-0.3, -0.25) is 4.99 Å². The van der Waals surface area contributed by atoms with Gasteiger partial charge in [-0.1, -0.05) is 30.3 Å². The quantitative estimate of drug-likeness (QED) is 0.689. The van der Waals surface area contributed by atoms with Gasteiger partial charge in [0.2, 0.25) is 0 Å². The Labute approximate surface area is 78.3 Å². The summed E-state index contributed by atoms with van der Waals surface area (Å²) < 4.78 is 5.64. The average molecular weight is 175 g/mol. The van der Waals surface area contributed by atoms with Crippen LogP contribution in [0.1, 0.15) is 12.0 Å². The van der Waals surface area contributed by atoms with Gasteiger partial charge >= 0.3 is 0 Å². The molecule has 0 aromatic heterocycles. The first-order chi connectivity index (χ1) is 6.45. The zero-order valence-electron chi connectivity index (χ0n) is 7.52. The summed E-state index contributed by atoms with van der Waals surface area (Å²) in [6, 6.07) is 10.2. The van der Waals surface area contributed by atoms with E-state index in [0.717, 1.165) is 13.0 Å². The minimum absolute atomic E-state index is 0.236. The molecule has 1 heterocycles. The number of hydrogen-bond acceptors (Lipinski definition) is 2. The fourth-order valence-corrected chi connectivity index (χ4v) is 1.37. The van der Waals surface area contributed by atoms with E-state index in [0.29, 0.717) is 6.61 Å². The fourth-order valence-electron chi connectivity index (χ4n) is 1.37. The van der Waals surface area contributed by atoms with Gasteiger partial charge in [0, 0.05) is 12.8 Å². The molecule has 1 aliphatic rings. The van der Waals surface area contributed by atoms with Crippen molar-refractivity contribution in [2.45, 2.75) is 19.1 Å². The van der Waals surface area contributed by atoms with Gasteiger partial charge in [-0.05, 0) is 12.0 Å². The Bertz CT molecular complexity index is 281. The third-order valence-corrected chi connectivity index (χ3v) is 2.12. The lowest BCUT2D eigenvalue weighted by Crippen LogP contribution is -2.10. The van der Waals surface area contributed by atoms with Crippen LogP contribution in [0.15, 0.2) is 35.3 Å². The van der Waals surface area contributed by atoms with Crippen molar-refractivity contribution < 1.29 is 4.74 Å². The number of hydrogen-bond donors (Lipinski definition) is 0. The minimum atomic E-state index is 0.236. The van der Waals surface area contributed by atoms with Crippen LogP contribution in [-0.4, -0.2) is 18.9 Å². The Kier molecular flexibility index (Phi) is 2.72. The van der Waals surface area contributed by atoms with Crippen LogP contribution in [0.4, 0.5) is 0 Å². The topological polar surface area (TPSA) is 21.6 Å². The molecule has 1 aromatic carbocycles. The molecular weight excluding hydrogens is 162 g/mol. The predicted octanol–water partition coefficient (Wildman–Crippen LogP) is 2.05. The van der Waals surface area contributed by atoms with Crippen LogP contribution >= 0.6 is 0 Å². The van der Waals surface area contributed by atoms with Gasteiger partial charge in [0.05, 0.1) is 12.7 Å². The molecule has 0 fully saturated rings. The molecule has 0 unspecified atom stereocenters. The first-order valence-electron chi connectivity index (χ1n) is 4.60. The second-order valence-electron chi connectivity index (χ2n) is 3.18. The highest BCUT2D eigenvalue weighted by Crippen LogP contribution is 2.07. The van der Waals surface area contributed by atoms with E-state index in [1.165, 1.54) is 5.56 Å². The van der Waals surface area contributed by atoms with Crippen molar-refractivity contribution >= 4 is 6.21 Å². The first kappa shape index (κ1) is 8.45. The molecule has 0 saturated heterocycles. The SMILES string of the molecule is C1=NCC[C@@H]1OCc1ccccc1. The second-order valence-corrected chi connectivity index (χ2v) is 3.18. The van der Waals surface area contributed by atoms with Gasteiger partial charge in [-0.15, -0.1) is 0 Å². The van der Waals surface area contributed by atoms with Crippen molar-refractivity contribution in [3.63, 3.8) is 0 Å². The van der Waals surface area contributed by atoms with Gasteiger partial charge in [-0.2, -0.15) is 0 Å². The van der Waals surface area contributed by atoms with E-state index in [2.05, 4.69) is 17.1 Å². The molecule has 1 aromatic rings. The van der Waals surface area contributed by atoms with E-state index in [9.17, 15) is 0 Å². The zero-order chi connectivity index (χ0) is 8.93. The van der Waals surface area contributed by atoms with E-state index >= 15 is 0 Å². The molecule has 0 bridgehead atoms. The number of benzene rings is 1. The van der Waals surface area contributed by atoms with Gasteiger partial charge in [-0.25, -0.2) is 0 Å². The monoisotopic (exact) mass is 175 g/mol. The lowest BCUT2D eigenvalue weighted by atomic mass is 10.2. The minimum Gasteiger partial charge on any atom is -0.368 e. The average Bonchev–Trinajstić information content (AvgIpc) is 2.69. The Balaban J connectivity index is 1.82. The summed E-state index contributed by atoms with van der Waals surface area (Å²) in [5.41, 5.74) is 1.22.